The molecule has 2 heterocycles. The highest BCUT2D eigenvalue weighted by molar-refractivity contribution is 6.32. The number of hydrogen-bond acceptors (Lipinski definition) is 4. The number of fused-ring (bicyclic) bond motifs is 1. The molecule has 2 aromatic heterocycles. The van der Waals surface area contributed by atoms with E-state index in [1.165, 1.54) is 0 Å². The van der Waals surface area contributed by atoms with Crippen LogP contribution in [0.1, 0.15) is 60.9 Å². The van der Waals surface area contributed by atoms with Crippen LogP contribution in [0, 0.1) is 6.92 Å². The Balaban J connectivity index is 0.00000176. The average molecular weight is 506 g/mol. The second kappa shape index (κ2) is 11.0. The van der Waals surface area contributed by atoms with Gasteiger partial charge in [-0.1, -0.05) is 67.4 Å². The maximum absolute atomic E-state index is 12.9. The molecule has 0 saturated heterocycles. The molecule has 2 amide bonds. The summed E-state index contributed by atoms with van der Waals surface area (Å²) in [7, 11) is 1.57. The van der Waals surface area contributed by atoms with Gasteiger partial charge in [-0.3, -0.25) is 9.59 Å². The molecule has 0 unspecified atom stereocenters. The number of rotatable bonds is 4. The molecule has 4 aromatic rings. The van der Waals surface area contributed by atoms with Gasteiger partial charge >= 0.3 is 0 Å². The standard InChI is InChI=1S/C27H26ClN3O3.C2H6/c1-15-9-11-16(12-10-15)22-21(25(33)29-5)20-14-19(23(28)30-26(20)34-22)17-7-6-8-18(13-17)24(32)31-27(2,3)4;1-2/h6-14H,1-5H3,(H,29,33)(H,31,32);1-2H3. The average Bonchev–Trinajstić information content (AvgIpc) is 3.22. The molecule has 0 aliphatic heterocycles. The summed E-state index contributed by atoms with van der Waals surface area (Å²) < 4.78 is 6.02. The summed E-state index contributed by atoms with van der Waals surface area (Å²) in [6.45, 7) is 11.8. The Bertz CT molecular complexity index is 1400. The Morgan fingerprint density at radius 2 is 1.61 bits per heavy atom. The van der Waals surface area contributed by atoms with Gasteiger partial charge in [0.1, 0.15) is 10.9 Å². The van der Waals surface area contributed by atoms with E-state index >= 15 is 0 Å². The van der Waals surface area contributed by atoms with Crippen LogP contribution >= 0.6 is 11.6 Å². The summed E-state index contributed by atoms with van der Waals surface area (Å²) in [6.07, 6.45) is 0. The molecule has 0 fully saturated rings. The van der Waals surface area contributed by atoms with Crippen LogP contribution in [0.2, 0.25) is 5.15 Å². The number of carbonyl (C=O) groups is 2. The molecule has 0 bridgehead atoms. The van der Waals surface area contributed by atoms with Crippen LogP contribution in [0.15, 0.2) is 59.0 Å². The Labute approximate surface area is 217 Å². The molecule has 7 heteroatoms. The maximum atomic E-state index is 12.9. The van der Waals surface area contributed by atoms with Crippen LogP contribution < -0.4 is 10.6 Å². The van der Waals surface area contributed by atoms with Crippen molar-refractivity contribution in [3.8, 4) is 22.5 Å². The summed E-state index contributed by atoms with van der Waals surface area (Å²) in [5, 5.41) is 6.40. The van der Waals surface area contributed by atoms with E-state index in [9.17, 15) is 9.59 Å². The van der Waals surface area contributed by atoms with Gasteiger partial charge in [0.15, 0.2) is 0 Å². The molecule has 0 atom stereocenters. The third-order valence-electron chi connectivity index (χ3n) is 5.33. The van der Waals surface area contributed by atoms with Crippen molar-refractivity contribution in [2.24, 2.45) is 0 Å². The lowest BCUT2D eigenvalue weighted by molar-refractivity contribution is 0.0918. The zero-order valence-electron chi connectivity index (χ0n) is 21.7. The first-order valence-corrected chi connectivity index (χ1v) is 12.3. The quantitative estimate of drug-likeness (QED) is 0.291. The first-order valence-electron chi connectivity index (χ1n) is 11.9. The molecule has 4 rings (SSSR count). The second-order valence-corrected chi connectivity index (χ2v) is 9.57. The van der Waals surface area contributed by atoms with E-state index in [4.69, 9.17) is 16.0 Å². The van der Waals surface area contributed by atoms with Crippen molar-refractivity contribution in [3.63, 3.8) is 0 Å². The number of aromatic nitrogens is 1. The smallest absolute Gasteiger partial charge is 0.255 e. The molecular weight excluding hydrogens is 474 g/mol. The molecule has 0 radical (unpaired) electrons. The van der Waals surface area contributed by atoms with Gasteiger partial charge in [0, 0.05) is 29.3 Å². The van der Waals surface area contributed by atoms with E-state index in [2.05, 4.69) is 15.6 Å². The van der Waals surface area contributed by atoms with Crippen molar-refractivity contribution in [1.29, 1.82) is 0 Å². The monoisotopic (exact) mass is 505 g/mol. The predicted octanol–water partition coefficient (Wildman–Crippen LogP) is 7.04. The van der Waals surface area contributed by atoms with Gasteiger partial charge in [-0.2, -0.15) is 0 Å². The summed E-state index contributed by atoms with van der Waals surface area (Å²) in [6, 6.07) is 16.6. The minimum absolute atomic E-state index is 0.185. The molecule has 6 nitrogen and oxygen atoms in total. The molecule has 0 spiro atoms. The normalized spacial score (nSPS) is 11.0. The minimum Gasteiger partial charge on any atom is -0.437 e. The Morgan fingerprint density at radius 1 is 0.944 bits per heavy atom. The highest BCUT2D eigenvalue weighted by atomic mass is 35.5. The second-order valence-electron chi connectivity index (χ2n) is 9.22. The number of carbonyl (C=O) groups excluding carboxylic acids is 2. The highest BCUT2D eigenvalue weighted by Gasteiger charge is 2.24. The van der Waals surface area contributed by atoms with E-state index < -0.39 is 0 Å². The summed E-state index contributed by atoms with van der Waals surface area (Å²) in [5.74, 6) is -0.0494. The van der Waals surface area contributed by atoms with Gasteiger partial charge in [0.25, 0.3) is 11.8 Å². The van der Waals surface area contributed by atoms with Gasteiger partial charge in [-0.05, 0) is 51.5 Å². The largest absolute Gasteiger partial charge is 0.437 e. The Hall–Kier alpha value is -3.64. The molecule has 0 saturated carbocycles. The van der Waals surface area contributed by atoms with Crippen molar-refractivity contribution in [1.82, 2.24) is 15.6 Å². The summed E-state index contributed by atoms with van der Waals surface area (Å²) in [4.78, 5) is 30.0. The Morgan fingerprint density at radius 3 is 2.22 bits per heavy atom. The van der Waals surface area contributed by atoms with Crippen LogP contribution in [-0.2, 0) is 0 Å². The molecule has 188 valence electrons. The number of benzene rings is 2. The van der Waals surface area contributed by atoms with Gasteiger partial charge in [0.2, 0.25) is 5.71 Å². The zero-order chi connectivity index (χ0) is 26.6. The fourth-order valence-corrected chi connectivity index (χ4v) is 3.94. The molecular formula is C29H32ClN3O3. The number of halogens is 1. The first-order chi connectivity index (χ1) is 17.1. The van der Waals surface area contributed by atoms with E-state index in [0.29, 0.717) is 33.4 Å². The molecule has 0 aliphatic rings. The van der Waals surface area contributed by atoms with Crippen LogP contribution in [0.5, 0.6) is 0 Å². The van der Waals surface area contributed by atoms with E-state index in [1.807, 2.05) is 71.9 Å². The number of nitrogens with one attached hydrogen (secondary N) is 2. The number of hydrogen-bond donors (Lipinski definition) is 2. The molecule has 2 N–H and O–H groups in total. The molecule has 36 heavy (non-hydrogen) atoms. The minimum atomic E-state index is -0.364. The number of pyridine rings is 1. The van der Waals surface area contributed by atoms with Gasteiger partial charge in [-0.25, -0.2) is 4.98 Å². The van der Waals surface area contributed by atoms with Crippen LogP contribution in [0.4, 0.5) is 0 Å². The summed E-state index contributed by atoms with van der Waals surface area (Å²) >= 11 is 6.55. The number of nitrogens with zero attached hydrogens (tertiary/aromatic N) is 1. The number of amides is 2. The number of aryl methyl sites for hydroxylation is 1. The maximum Gasteiger partial charge on any atom is 0.255 e. The van der Waals surface area contributed by atoms with Gasteiger partial charge in [0.05, 0.1) is 10.9 Å². The van der Waals surface area contributed by atoms with E-state index in [0.717, 1.165) is 11.1 Å². The van der Waals surface area contributed by atoms with Crippen molar-refractivity contribution in [3.05, 3.63) is 76.4 Å². The summed E-state index contributed by atoms with van der Waals surface area (Å²) in [5.41, 5.74) is 3.96. The fraction of sp³-hybridized carbons (Fsp3) is 0.276. The van der Waals surface area contributed by atoms with Crippen LogP contribution in [0.3, 0.4) is 0 Å². The fourth-order valence-electron chi connectivity index (χ4n) is 3.70. The van der Waals surface area contributed by atoms with E-state index in [-0.39, 0.29) is 28.2 Å². The SMILES string of the molecule is CC.CNC(=O)c1c(-c2ccc(C)cc2)oc2nc(Cl)c(-c3cccc(C(=O)NC(C)(C)C)c3)cc12. The van der Waals surface area contributed by atoms with Gasteiger partial charge < -0.3 is 15.1 Å². The lowest BCUT2D eigenvalue weighted by atomic mass is 10.00. The molecule has 0 aliphatic carbocycles. The first kappa shape index (κ1) is 27.0. The van der Waals surface area contributed by atoms with E-state index in [1.54, 1.807) is 31.3 Å². The van der Waals surface area contributed by atoms with Crippen molar-refractivity contribution in [2.75, 3.05) is 7.05 Å². The van der Waals surface area contributed by atoms with Crippen molar-refractivity contribution in [2.45, 2.75) is 47.1 Å². The third-order valence-corrected chi connectivity index (χ3v) is 5.62. The predicted molar refractivity (Wildman–Crippen MR) is 147 cm³/mol. The lowest BCUT2D eigenvalue weighted by Gasteiger charge is -2.20. The third kappa shape index (κ3) is 5.77. The zero-order valence-corrected chi connectivity index (χ0v) is 22.5. The Kier molecular flexibility index (Phi) is 8.21. The van der Waals surface area contributed by atoms with Crippen LogP contribution in [-0.4, -0.2) is 29.4 Å². The highest BCUT2D eigenvalue weighted by Crippen LogP contribution is 2.37. The van der Waals surface area contributed by atoms with Crippen LogP contribution in [0.25, 0.3) is 33.6 Å². The van der Waals surface area contributed by atoms with Crippen molar-refractivity contribution < 1.29 is 14.0 Å². The van der Waals surface area contributed by atoms with Crippen molar-refractivity contribution >= 4 is 34.5 Å². The molecule has 2 aromatic carbocycles. The topological polar surface area (TPSA) is 84.2 Å². The lowest BCUT2D eigenvalue weighted by Crippen LogP contribution is -2.40. The number of furan rings is 1. The van der Waals surface area contributed by atoms with Gasteiger partial charge in [-0.15, -0.1) is 0 Å².